The summed E-state index contributed by atoms with van der Waals surface area (Å²) in [5.41, 5.74) is 2.67. The number of carbonyl (C=O) groups is 2. The third-order valence-corrected chi connectivity index (χ3v) is 5.43. The zero-order valence-corrected chi connectivity index (χ0v) is 18.0. The summed E-state index contributed by atoms with van der Waals surface area (Å²) in [6.07, 6.45) is 2.21. The second-order valence-electron chi connectivity index (χ2n) is 8.38. The number of amides is 2. The summed E-state index contributed by atoms with van der Waals surface area (Å²) in [5, 5.41) is 6.80. The van der Waals surface area contributed by atoms with E-state index in [1.807, 2.05) is 30.3 Å². The van der Waals surface area contributed by atoms with Crippen molar-refractivity contribution in [2.45, 2.75) is 26.7 Å². The number of aromatic nitrogens is 1. The van der Waals surface area contributed by atoms with Crippen LogP contribution in [-0.4, -0.2) is 36.4 Å². The Kier molecular flexibility index (Phi) is 6.16. The first-order chi connectivity index (χ1) is 15.0. The van der Waals surface area contributed by atoms with Crippen LogP contribution >= 0.6 is 0 Å². The molecular formula is C25H28N4O2. The standard InChI is InChI=1S/C25H28N4O2/c1-17(2)16-26-24(30)18-9-11-20(12-10-18)27-25(31)21-15-19-7-3-4-8-22(19)28-23(21)29-13-5-6-14-29/h3-4,7-12,15,17H,5-6,13-14,16H2,1-2H3,(H,26,30)(H,27,31). The number of pyridine rings is 1. The molecule has 2 N–H and O–H groups in total. The SMILES string of the molecule is CC(C)CNC(=O)c1ccc(NC(=O)c2cc3ccccc3nc2N2CCCC2)cc1. The molecule has 0 unspecified atom stereocenters. The van der Waals surface area contributed by atoms with Gasteiger partial charge in [0.2, 0.25) is 0 Å². The minimum absolute atomic E-state index is 0.110. The Morgan fingerprint density at radius 2 is 1.71 bits per heavy atom. The van der Waals surface area contributed by atoms with Crippen molar-refractivity contribution < 1.29 is 9.59 Å². The molecule has 6 nitrogen and oxygen atoms in total. The summed E-state index contributed by atoms with van der Waals surface area (Å²) in [6, 6.07) is 16.7. The van der Waals surface area contributed by atoms with Crippen molar-refractivity contribution >= 4 is 34.2 Å². The normalized spacial score (nSPS) is 13.6. The fourth-order valence-electron chi connectivity index (χ4n) is 3.75. The maximum Gasteiger partial charge on any atom is 0.259 e. The fourth-order valence-corrected chi connectivity index (χ4v) is 3.75. The quantitative estimate of drug-likeness (QED) is 0.622. The highest BCUT2D eigenvalue weighted by atomic mass is 16.2. The number of hydrogen-bond acceptors (Lipinski definition) is 4. The number of benzene rings is 2. The average Bonchev–Trinajstić information content (AvgIpc) is 3.32. The van der Waals surface area contributed by atoms with Crippen LogP contribution in [0.5, 0.6) is 0 Å². The molecule has 1 fully saturated rings. The Hall–Kier alpha value is -3.41. The Morgan fingerprint density at radius 1 is 1.00 bits per heavy atom. The van der Waals surface area contributed by atoms with Gasteiger partial charge in [0.25, 0.3) is 11.8 Å². The first-order valence-electron chi connectivity index (χ1n) is 10.9. The Labute approximate surface area is 182 Å². The van der Waals surface area contributed by atoms with E-state index >= 15 is 0 Å². The van der Waals surface area contributed by atoms with Gasteiger partial charge in [-0.25, -0.2) is 4.98 Å². The minimum Gasteiger partial charge on any atom is -0.356 e. The van der Waals surface area contributed by atoms with Crippen LogP contribution in [0.15, 0.2) is 54.6 Å². The van der Waals surface area contributed by atoms with Gasteiger partial charge in [0.15, 0.2) is 0 Å². The highest BCUT2D eigenvalue weighted by molar-refractivity contribution is 6.09. The van der Waals surface area contributed by atoms with Crippen molar-refractivity contribution in [1.82, 2.24) is 10.3 Å². The number of hydrogen-bond donors (Lipinski definition) is 2. The molecule has 0 atom stereocenters. The molecule has 1 aromatic heterocycles. The molecular weight excluding hydrogens is 388 g/mol. The van der Waals surface area contributed by atoms with Crippen molar-refractivity contribution in [1.29, 1.82) is 0 Å². The molecule has 1 saturated heterocycles. The van der Waals surface area contributed by atoms with Gasteiger partial charge in [-0.05, 0) is 55.2 Å². The molecule has 0 aliphatic carbocycles. The number of nitrogens with zero attached hydrogens (tertiary/aromatic N) is 2. The molecule has 1 aliphatic rings. The Bertz CT molecular complexity index is 1090. The average molecular weight is 417 g/mol. The molecule has 0 saturated carbocycles. The first-order valence-corrected chi connectivity index (χ1v) is 10.9. The van der Waals surface area contributed by atoms with Crippen LogP contribution in [0.25, 0.3) is 10.9 Å². The predicted octanol–water partition coefficient (Wildman–Crippen LogP) is 4.47. The van der Waals surface area contributed by atoms with Gasteiger partial charge in [0, 0.05) is 36.3 Å². The number of nitrogens with one attached hydrogen (secondary N) is 2. The van der Waals surface area contributed by atoms with Gasteiger partial charge in [-0.1, -0.05) is 32.0 Å². The van der Waals surface area contributed by atoms with Gasteiger partial charge in [-0.2, -0.15) is 0 Å². The third kappa shape index (κ3) is 4.85. The van der Waals surface area contributed by atoms with E-state index in [0.717, 1.165) is 42.7 Å². The second-order valence-corrected chi connectivity index (χ2v) is 8.38. The van der Waals surface area contributed by atoms with Gasteiger partial charge >= 0.3 is 0 Å². The molecule has 6 heteroatoms. The van der Waals surface area contributed by atoms with Gasteiger partial charge in [0.05, 0.1) is 11.1 Å². The topological polar surface area (TPSA) is 74.3 Å². The van der Waals surface area contributed by atoms with Crippen molar-refractivity contribution in [2.24, 2.45) is 5.92 Å². The number of rotatable bonds is 6. The van der Waals surface area contributed by atoms with Gasteiger partial charge in [0.1, 0.15) is 5.82 Å². The largest absolute Gasteiger partial charge is 0.356 e. The van der Waals surface area contributed by atoms with E-state index in [2.05, 4.69) is 29.4 Å². The van der Waals surface area contributed by atoms with Crippen LogP contribution in [0.3, 0.4) is 0 Å². The van der Waals surface area contributed by atoms with Crippen molar-refractivity contribution in [3.8, 4) is 0 Å². The fraction of sp³-hybridized carbons (Fsp3) is 0.320. The summed E-state index contributed by atoms with van der Waals surface area (Å²) in [6.45, 7) is 6.55. The molecule has 31 heavy (non-hydrogen) atoms. The zero-order valence-electron chi connectivity index (χ0n) is 18.0. The predicted molar refractivity (Wildman–Crippen MR) is 125 cm³/mol. The van der Waals surface area contributed by atoms with E-state index in [1.165, 1.54) is 0 Å². The molecule has 2 heterocycles. The van der Waals surface area contributed by atoms with E-state index in [0.29, 0.717) is 29.3 Å². The molecule has 0 radical (unpaired) electrons. The van der Waals surface area contributed by atoms with E-state index < -0.39 is 0 Å². The number of para-hydroxylation sites is 1. The summed E-state index contributed by atoms with van der Waals surface area (Å²) in [7, 11) is 0. The maximum absolute atomic E-state index is 13.2. The Balaban J connectivity index is 1.55. The summed E-state index contributed by atoms with van der Waals surface area (Å²) in [5.74, 6) is 0.819. The molecule has 0 spiro atoms. The summed E-state index contributed by atoms with van der Waals surface area (Å²) < 4.78 is 0. The van der Waals surface area contributed by atoms with Crippen molar-refractivity contribution in [3.63, 3.8) is 0 Å². The van der Waals surface area contributed by atoms with Gasteiger partial charge < -0.3 is 15.5 Å². The number of fused-ring (bicyclic) bond motifs is 1. The molecule has 0 bridgehead atoms. The molecule has 3 aromatic rings. The lowest BCUT2D eigenvalue weighted by molar-refractivity contribution is 0.0948. The van der Waals surface area contributed by atoms with E-state index in [9.17, 15) is 9.59 Å². The van der Waals surface area contributed by atoms with E-state index in [-0.39, 0.29) is 11.8 Å². The molecule has 4 rings (SSSR count). The highest BCUT2D eigenvalue weighted by Gasteiger charge is 2.22. The van der Waals surface area contributed by atoms with Crippen LogP contribution < -0.4 is 15.5 Å². The molecule has 1 aliphatic heterocycles. The molecule has 2 aromatic carbocycles. The Morgan fingerprint density at radius 3 is 2.42 bits per heavy atom. The maximum atomic E-state index is 13.2. The second kappa shape index (κ2) is 9.16. The third-order valence-electron chi connectivity index (χ3n) is 5.43. The summed E-state index contributed by atoms with van der Waals surface area (Å²) >= 11 is 0. The van der Waals surface area contributed by atoms with E-state index in [1.54, 1.807) is 24.3 Å². The van der Waals surface area contributed by atoms with Crippen LogP contribution in [-0.2, 0) is 0 Å². The number of anilines is 2. The molecule has 160 valence electrons. The molecule has 2 amide bonds. The van der Waals surface area contributed by atoms with Crippen molar-refractivity contribution in [2.75, 3.05) is 29.9 Å². The number of carbonyl (C=O) groups excluding carboxylic acids is 2. The lowest BCUT2D eigenvalue weighted by Crippen LogP contribution is -2.27. The van der Waals surface area contributed by atoms with Gasteiger partial charge in [-0.3, -0.25) is 9.59 Å². The van der Waals surface area contributed by atoms with Crippen molar-refractivity contribution in [3.05, 3.63) is 65.7 Å². The van der Waals surface area contributed by atoms with Crippen LogP contribution in [0, 0.1) is 5.92 Å². The summed E-state index contributed by atoms with van der Waals surface area (Å²) in [4.78, 5) is 32.4. The zero-order chi connectivity index (χ0) is 21.8. The van der Waals surface area contributed by atoms with Crippen LogP contribution in [0.4, 0.5) is 11.5 Å². The monoisotopic (exact) mass is 416 g/mol. The van der Waals surface area contributed by atoms with Crippen LogP contribution in [0.2, 0.25) is 0 Å². The first kappa shape index (κ1) is 20.8. The van der Waals surface area contributed by atoms with E-state index in [4.69, 9.17) is 4.98 Å². The lowest BCUT2D eigenvalue weighted by atomic mass is 10.1. The smallest absolute Gasteiger partial charge is 0.259 e. The van der Waals surface area contributed by atoms with Gasteiger partial charge in [-0.15, -0.1) is 0 Å². The minimum atomic E-state index is -0.197. The lowest BCUT2D eigenvalue weighted by Gasteiger charge is -2.20. The van der Waals surface area contributed by atoms with Crippen LogP contribution in [0.1, 0.15) is 47.4 Å². The highest BCUT2D eigenvalue weighted by Crippen LogP contribution is 2.27.